The lowest BCUT2D eigenvalue weighted by atomic mass is 9.96. The van der Waals surface area contributed by atoms with Crippen LogP contribution in [-0.4, -0.2) is 19.7 Å². The first-order chi connectivity index (χ1) is 7.83. The summed E-state index contributed by atoms with van der Waals surface area (Å²) in [6, 6.07) is 9.44. The largest absolute Gasteiger partial charge is 0.373 e. The van der Waals surface area contributed by atoms with Gasteiger partial charge in [0.1, 0.15) is 0 Å². The minimum absolute atomic E-state index is 0.275. The smallest absolute Gasteiger partial charge is 0.0839 e. The van der Waals surface area contributed by atoms with Crippen LogP contribution in [0.3, 0.4) is 0 Å². The number of nitrogens with one attached hydrogen (secondary N) is 1. The Bertz CT molecular complexity index is 320. The molecule has 0 bridgehead atoms. The van der Waals surface area contributed by atoms with Crippen molar-refractivity contribution in [3.05, 3.63) is 35.4 Å². The molecule has 16 heavy (non-hydrogen) atoms. The molecule has 1 aliphatic rings. The van der Waals surface area contributed by atoms with E-state index >= 15 is 0 Å². The van der Waals surface area contributed by atoms with Crippen molar-refractivity contribution >= 4 is 0 Å². The molecule has 88 valence electrons. The van der Waals surface area contributed by atoms with Gasteiger partial charge in [-0.2, -0.15) is 0 Å². The van der Waals surface area contributed by atoms with Crippen molar-refractivity contribution in [1.82, 2.24) is 5.32 Å². The van der Waals surface area contributed by atoms with Crippen LogP contribution in [0.4, 0.5) is 0 Å². The van der Waals surface area contributed by atoms with Crippen molar-refractivity contribution in [1.29, 1.82) is 0 Å². The molecule has 2 unspecified atom stereocenters. The molecule has 1 fully saturated rings. The fourth-order valence-electron chi connectivity index (χ4n) is 2.26. The Balaban J connectivity index is 2.05. The van der Waals surface area contributed by atoms with E-state index in [1.807, 2.05) is 7.05 Å². The van der Waals surface area contributed by atoms with E-state index in [9.17, 15) is 0 Å². The number of benzene rings is 1. The summed E-state index contributed by atoms with van der Waals surface area (Å²) in [4.78, 5) is 0. The van der Waals surface area contributed by atoms with E-state index in [0.29, 0.717) is 6.04 Å². The molecule has 1 N–H and O–H groups in total. The average molecular weight is 219 g/mol. The molecule has 1 aromatic carbocycles. The number of hydrogen-bond acceptors (Lipinski definition) is 2. The van der Waals surface area contributed by atoms with Gasteiger partial charge in [0.2, 0.25) is 0 Å². The minimum Gasteiger partial charge on any atom is -0.373 e. The van der Waals surface area contributed by atoms with Crippen LogP contribution in [-0.2, 0) is 11.2 Å². The third-order valence-corrected chi connectivity index (χ3v) is 3.45. The van der Waals surface area contributed by atoms with Crippen LogP contribution in [0.1, 0.15) is 37.0 Å². The zero-order chi connectivity index (χ0) is 11.4. The third kappa shape index (κ3) is 2.63. The normalized spacial score (nSPS) is 25.6. The molecular formula is C14H21NO. The molecule has 1 aromatic rings. The van der Waals surface area contributed by atoms with Crippen molar-refractivity contribution in [2.45, 2.75) is 38.3 Å². The van der Waals surface area contributed by atoms with Crippen LogP contribution in [0.2, 0.25) is 0 Å². The second kappa shape index (κ2) is 5.46. The van der Waals surface area contributed by atoms with Crippen LogP contribution in [0.5, 0.6) is 0 Å². The predicted molar refractivity (Wildman–Crippen MR) is 66.6 cm³/mol. The van der Waals surface area contributed by atoms with E-state index in [2.05, 4.69) is 36.5 Å². The van der Waals surface area contributed by atoms with Crippen LogP contribution in [0, 0.1) is 0 Å². The van der Waals surface area contributed by atoms with Gasteiger partial charge in [0.15, 0.2) is 0 Å². The molecule has 0 saturated carbocycles. The molecule has 2 nitrogen and oxygen atoms in total. The summed E-state index contributed by atoms with van der Waals surface area (Å²) in [5, 5.41) is 3.35. The van der Waals surface area contributed by atoms with Crippen molar-refractivity contribution in [2.75, 3.05) is 13.7 Å². The average Bonchev–Trinajstić information content (AvgIpc) is 2.39. The van der Waals surface area contributed by atoms with Crippen molar-refractivity contribution in [3.8, 4) is 0 Å². The molecule has 2 heteroatoms. The zero-order valence-electron chi connectivity index (χ0n) is 10.2. The Hall–Kier alpha value is -0.860. The van der Waals surface area contributed by atoms with Crippen molar-refractivity contribution in [2.24, 2.45) is 0 Å². The molecule has 2 atom stereocenters. The van der Waals surface area contributed by atoms with Crippen LogP contribution in [0.25, 0.3) is 0 Å². The van der Waals surface area contributed by atoms with E-state index < -0.39 is 0 Å². The Morgan fingerprint density at radius 2 is 2.06 bits per heavy atom. The molecule has 1 aliphatic heterocycles. The lowest BCUT2D eigenvalue weighted by Crippen LogP contribution is -2.33. The summed E-state index contributed by atoms with van der Waals surface area (Å²) >= 11 is 0. The minimum atomic E-state index is 0.275. The number of rotatable bonds is 3. The Labute approximate surface area is 98.0 Å². The molecule has 0 amide bonds. The Kier molecular flexibility index (Phi) is 3.97. The van der Waals surface area contributed by atoms with Gasteiger partial charge in [-0.3, -0.25) is 0 Å². The van der Waals surface area contributed by atoms with Gasteiger partial charge >= 0.3 is 0 Å². The molecule has 0 radical (unpaired) electrons. The van der Waals surface area contributed by atoms with Crippen LogP contribution < -0.4 is 5.32 Å². The summed E-state index contributed by atoms with van der Waals surface area (Å²) in [6.45, 7) is 3.05. The highest BCUT2D eigenvalue weighted by Gasteiger charge is 2.22. The van der Waals surface area contributed by atoms with Gasteiger partial charge in [0, 0.05) is 12.6 Å². The maximum Gasteiger partial charge on any atom is 0.0839 e. The maximum atomic E-state index is 5.83. The van der Waals surface area contributed by atoms with E-state index in [1.165, 1.54) is 11.1 Å². The quantitative estimate of drug-likeness (QED) is 0.844. The van der Waals surface area contributed by atoms with Gasteiger partial charge in [-0.25, -0.2) is 0 Å². The Morgan fingerprint density at radius 1 is 1.31 bits per heavy atom. The summed E-state index contributed by atoms with van der Waals surface area (Å²) in [7, 11) is 2.03. The first-order valence-corrected chi connectivity index (χ1v) is 6.21. The second-order valence-electron chi connectivity index (χ2n) is 4.46. The van der Waals surface area contributed by atoms with Gasteiger partial charge in [0.05, 0.1) is 6.10 Å². The van der Waals surface area contributed by atoms with Crippen LogP contribution in [0.15, 0.2) is 24.3 Å². The number of aryl methyl sites for hydroxylation is 1. The predicted octanol–water partition coefficient (Wildman–Crippen LogP) is 2.69. The molecule has 0 aliphatic carbocycles. The van der Waals surface area contributed by atoms with E-state index in [4.69, 9.17) is 4.74 Å². The highest BCUT2D eigenvalue weighted by atomic mass is 16.5. The molecule has 2 rings (SSSR count). The molecule has 0 spiro atoms. The molecule has 1 heterocycles. The number of ether oxygens (including phenoxy) is 1. The molecule has 1 saturated heterocycles. The topological polar surface area (TPSA) is 21.3 Å². The van der Waals surface area contributed by atoms with Crippen molar-refractivity contribution < 1.29 is 4.74 Å². The highest BCUT2D eigenvalue weighted by molar-refractivity contribution is 5.24. The first kappa shape index (κ1) is 11.6. The van der Waals surface area contributed by atoms with Gasteiger partial charge in [0.25, 0.3) is 0 Å². The van der Waals surface area contributed by atoms with E-state index in [-0.39, 0.29) is 6.10 Å². The third-order valence-electron chi connectivity index (χ3n) is 3.45. The maximum absolute atomic E-state index is 5.83. The molecular weight excluding hydrogens is 198 g/mol. The fourth-order valence-corrected chi connectivity index (χ4v) is 2.26. The van der Waals surface area contributed by atoms with Gasteiger partial charge in [-0.15, -0.1) is 0 Å². The van der Waals surface area contributed by atoms with Crippen LogP contribution >= 0.6 is 0 Å². The van der Waals surface area contributed by atoms with E-state index in [1.54, 1.807) is 0 Å². The van der Waals surface area contributed by atoms with E-state index in [0.717, 1.165) is 25.9 Å². The Morgan fingerprint density at radius 3 is 2.69 bits per heavy atom. The fraction of sp³-hybridized carbons (Fsp3) is 0.571. The summed E-state index contributed by atoms with van der Waals surface area (Å²) < 4.78 is 5.83. The van der Waals surface area contributed by atoms with Gasteiger partial charge < -0.3 is 10.1 Å². The van der Waals surface area contributed by atoms with Crippen molar-refractivity contribution in [3.63, 3.8) is 0 Å². The van der Waals surface area contributed by atoms with Gasteiger partial charge in [-0.1, -0.05) is 31.2 Å². The molecule has 0 aromatic heterocycles. The second-order valence-corrected chi connectivity index (χ2v) is 4.46. The SMILES string of the molecule is CCc1ccc(C2CC(NC)CCO2)cc1. The standard InChI is InChI=1S/C14H21NO/c1-3-11-4-6-12(7-5-11)14-10-13(15-2)8-9-16-14/h4-7,13-15H,3,8-10H2,1-2H3. The number of hydrogen-bond donors (Lipinski definition) is 1. The zero-order valence-corrected chi connectivity index (χ0v) is 10.2. The van der Waals surface area contributed by atoms with Gasteiger partial charge in [-0.05, 0) is 37.4 Å². The monoisotopic (exact) mass is 219 g/mol. The lowest BCUT2D eigenvalue weighted by molar-refractivity contribution is 0.00154. The summed E-state index contributed by atoms with van der Waals surface area (Å²) in [5.41, 5.74) is 2.71. The first-order valence-electron chi connectivity index (χ1n) is 6.21. The summed E-state index contributed by atoms with van der Waals surface area (Å²) in [6.07, 6.45) is 3.59. The summed E-state index contributed by atoms with van der Waals surface area (Å²) in [5.74, 6) is 0. The lowest BCUT2D eigenvalue weighted by Gasteiger charge is -2.29. The highest BCUT2D eigenvalue weighted by Crippen LogP contribution is 2.28.